The topological polar surface area (TPSA) is 29.5 Å². The summed E-state index contributed by atoms with van der Waals surface area (Å²) in [5.41, 5.74) is -0.0828. The van der Waals surface area contributed by atoms with Crippen molar-refractivity contribution in [2.75, 3.05) is 0 Å². The van der Waals surface area contributed by atoms with E-state index in [1.54, 1.807) is 0 Å². The minimum atomic E-state index is -0.312. The summed E-state index contributed by atoms with van der Waals surface area (Å²) in [5.74, 6) is 0. The normalized spacial score (nSPS) is 32.1. The maximum Gasteiger partial charge on any atom is 0.0852 e. The van der Waals surface area contributed by atoms with Crippen LogP contribution in [0.5, 0.6) is 0 Å². The molecule has 1 saturated carbocycles. The molecule has 0 spiro atoms. The summed E-state index contributed by atoms with van der Waals surface area (Å²) in [5, 5.41) is 10.1. The van der Waals surface area contributed by atoms with Crippen molar-refractivity contribution in [2.45, 2.75) is 71.7 Å². The fourth-order valence-corrected chi connectivity index (χ4v) is 1.94. The number of rotatable bonds is 3. The predicted molar refractivity (Wildman–Crippen MR) is 58.3 cm³/mol. The van der Waals surface area contributed by atoms with E-state index in [2.05, 4.69) is 34.6 Å². The molecule has 14 heavy (non-hydrogen) atoms. The van der Waals surface area contributed by atoms with Crippen LogP contribution in [0.2, 0.25) is 0 Å². The van der Waals surface area contributed by atoms with Crippen molar-refractivity contribution in [1.29, 1.82) is 0 Å². The first kappa shape index (κ1) is 12.0. The number of hydrogen-bond acceptors (Lipinski definition) is 2. The molecule has 1 fully saturated rings. The van der Waals surface area contributed by atoms with Crippen LogP contribution in [0, 0.1) is 5.41 Å². The van der Waals surface area contributed by atoms with Gasteiger partial charge in [0.15, 0.2) is 0 Å². The van der Waals surface area contributed by atoms with Gasteiger partial charge >= 0.3 is 0 Å². The summed E-state index contributed by atoms with van der Waals surface area (Å²) < 4.78 is 5.95. The van der Waals surface area contributed by atoms with Crippen molar-refractivity contribution in [2.24, 2.45) is 5.41 Å². The van der Waals surface area contributed by atoms with Gasteiger partial charge in [-0.05, 0) is 38.5 Å². The first-order valence-electron chi connectivity index (χ1n) is 5.64. The molecule has 0 aromatic rings. The lowest BCUT2D eigenvalue weighted by Gasteiger charge is -2.32. The molecule has 1 aliphatic rings. The molecular formula is C12H24O2. The Morgan fingerprint density at radius 2 is 2.00 bits per heavy atom. The second kappa shape index (κ2) is 3.82. The van der Waals surface area contributed by atoms with Gasteiger partial charge in [0.2, 0.25) is 0 Å². The van der Waals surface area contributed by atoms with Gasteiger partial charge < -0.3 is 9.84 Å². The molecule has 1 rings (SSSR count). The SMILES string of the molecule is CCC(C)(C)OC1CCC(C)(C)C1O. The third kappa shape index (κ3) is 2.48. The first-order chi connectivity index (χ1) is 6.28. The highest BCUT2D eigenvalue weighted by atomic mass is 16.5. The average molecular weight is 200 g/mol. The first-order valence-corrected chi connectivity index (χ1v) is 5.64. The van der Waals surface area contributed by atoms with Crippen molar-refractivity contribution in [3.05, 3.63) is 0 Å². The van der Waals surface area contributed by atoms with E-state index in [1.807, 2.05) is 0 Å². The number of ether oxygens (including phenoxy) is 1. The van der Waals surface area contributed by atoms with E-state index >= 15 is 0 Å². The van der Waals surface area contributed by atoms with Crippen LogP contribution in [0.4, 0.5) is 0 Å². The summed E-state index contributed by atoms with van der Waals surface area (Å²) in [6, 6.07) is 0. The summed E-state index contributed by atoms with van der Waals surface area (Å²) in [6.07, 6.45) is 2.74. The van der Waals surface area contributed by atoms with Crippen LogP contribution >= 0.6 is 0 Å². The van der Waals surface area contributed by atoms with Crippen molar-refractivity contribution < 1.29 is 9.84 Å². The van der Waals surface area contributed by atoms with Gasteiger partial charge in [0.1, 0.15) is 0 Å². The molecule has 2 unspecified atom stereocenters. The molecule has 2 nitrogen and oxygen atoms in total. The maximum atomic E-state index is 10.1. The van der Waals surface area contributed by atoms with E-state index in [0.717, 1.165) is 19.3 Å². The summed E-state index contributed by atoms with van der Waals surface area (Å²) in [7, 11) is 0. The van der Waals surface area contributed by atoms with Crippen LogP contribution in [0.3, 0.4) is 0 Å². The molecule has 0 bridgehead atoms. The van der Waals surface area contributed by atoms with E-state index in [-0.39, 0.29) is 23.2 Å². The molecule has 0 saturated heterocycles. The molecule has 0 radical (unpaired) electrons. The Morgan fingerprint density at radius 1 is 1.43 bits per heavy atom. The Bertz CT molecular complexity index is 196. The molecule has 1 aliphatic carbocycles. The van der Waals surface area contributed by atoms with Gasteiger partial charge in [0, 0.05) is 0 Å². The Morgan fingerprint density at radius 3 is 2.36 bits per heavy atom. The van der Waals surface area contributed by atoms with Gasteiger partial charge in [-0.15, -0.1) is 0 Å². The smallest absolute Gasteiger partial charge is 0.0852 e. The molecule has 0 aromatic heterocycles. The summed E-state index contributed by atoms with van der Waals surface area (Å²) >= 11 is 0. The van der Waals surface area contributed by atoms with Gasteiger partial charge in [-0.2, -0.15) is 0 Å². The second-order valence-corrected chi connectivity index (χ2v) is 5.74. The molecule has 0 aromatic carbocycles. The third-order valence-electron chi connectivity index (χ3n) is 3.55. The molecule has 84 valence electrons. The van der Waals surface area contributed by atoms with E-state index in [4.69, 9.17) is 4.74 Å². The van der Waals surface area contributed by atoms with Crippen LogP contribution in [-0.2, 0) is 4.74 Å². The Kier molecular flexibility index (Phi) is 3.27. The maximum absolute atomic E-state index is 10.1. The minimum Gasteiger partial charge on any atom is -0.390 e. The zero-order valence-corrected chi connectivity index (χ0v) is 10.1. The Balaban J connectivity index is 2.57. The standard InChI is InChI=1S/C12H24O2/c1-6-12(4,5)14-9-7-8-11(2,3)10(9)13/h9-10,13H,6-8H2,1-5H3. The van der Waals surface area contributed by atoms with Crippen molar-refractivity contribution in [1.82, 2.24) is 0 Å². The monoisotopic (exact) mass is 200 g/mol. The fraction of sp³-hybridized carbons (Fsp3) is 1.00. The molecule has 0 aliphatic heterocycles. The van der Waals surface area contributed by atoms with Gasteiger partial charge in [-0.1, -0.05) is 20.8 Å². The third-order valence-corrected chi connectivity index (χ3v) is 3.55. The van der Waals surface area contributed by atoms with Crippen molar-refractivity contribution in [3.8, 4) is 0 Å². The van der Waals surface area contributed by atoms with E-state index < -0.39 is 0 Å². The molecule has 2 atom stereocenters. The van der Waals surface area contributed by atoms with Crippen LogP contribution in [0.1, 0.15) is 53.9 Å². The Hall–Kier alpha value is -0.0800. The van der Waals surface area contributed by atoms with E-state index in [0.29, 0.717) is 0 Å². The number of hydrogen-bond donors (Lipinski definition) is 1. The largest absolute Gasteiger partial charge is 0.390 e. The minimum absolute atomic E-state index is 0.0223. The summed E-state index contributed by atoms with van der Waals surface area (Å²) in [4.78, 5) is 0. The van der Waals surface area contributed by atoms with Crippen molar-refractivity contribution in [3.63, 3.8) is 0 Å². The highest BCUT2D eigenvalue weighted by Crippen LogP contribution is 2.40. The average Bonchev–Trinajstić information content (AvgIpc) is 2.32. The summed E-state index contributed by atoms with van der Waals surface area (Å²) in [6.45, 7) is 10.5. The lowest BCUT2D eigenvalue weighted by atomic mass is 9.89. The van der Waals surface area contributed by atoms with Gasteiger partial charge in [0.25, 0.3) is 0 Å². The van der Waals surface area contributed by atoms with E-state index in [1.165, 1.54) is 0 Å². The fourth-order valence-electron chi connectivity index (χ4n) is 1.94. The Labute approximate surface area is 87.7 Å². The molecular weight excluding hydrogens is 176 g/mol. The highest BCUT2D eigenvalue weighted by Gasteiger charge is 2.43. The van der Waals surface area contributed by atoms with Crippen LogP contribution in [-0.4, -0.2) is 22.9 Å². The van der Waals surface area contributed by atoms with E-state index in [9.17, 15) is 5.11 Å². The van der Waals surface area contributed by atoms with Crippen molar-refractivity contribution >= 4 is 0 Å². The zero-order valence-electron chi connectivity index (χ0n) is 10.1. The molecule has 2 heteroatoms. The number of aliphatic hydroxyl groups excluding tert-OH is 1. The lowest BCUT2D eigenvalue weighted by molar-refractivity contribution is -0.122. The molecule has 1 N–H and O–H groups in total. The molecule has 0 amide bonds. The predicted octanol–water partition coefficient (Wildman–Crippen LogP) is 2.74. The van der Waals surface area contributed by atoms with Gasteiger partial charge in [-0.3, -0.25) is 0 Å². The van der Waals surface area contributed by atoms with Gasteiger partial charge in [-0.25, -0.2) is 0 Å². The second-order valence-electron chi connectivity index (χ2n) is 5.74. The highest BCUT2D eigenvalue weighted by molar-refractivity contribution is 4.93. The lowest BCUT2D eigenvalue weighted by Crippen LogP contribution is -2.38. The number of aliphatic hydroxyl groups is 1. The zero-order chi connectivity index (χ0) is 11.0. The molecule has 0 heterocycles. The quantitative estimate of drug-likeness (QED) is 0.759. The van der Waals surface area contributed by atoms with Crippen LogP contribution < -0.4 is 0 Å². The van der Waals surface area contributed by atoms with Gasteiger partial charge in [0.05, 0.1) is 17.8 Å². The van der Waals surface area contributed by atoms with Crippen LogP contribution in [0.15, 0.2) is 0 Å². The van der Waals surface area contributed by atoms with Crippen LogP contribution in [0.25, 0.3) is 0 Å².